The second-order valence-corrected chi connectivity index (χ2v) is 6.15. The molecule has 4 heteroatoms. The van der Waals surface area contributed by atoms with Gasteiger partial charge < -0.3 is 10.6 Å². The molecule has 0 amide bonds. The summed E-state index contributed by atoms with van der Waals surface area (Å²) in [6, 6.07) is 4.10. The van der Waals surface area contributed by atoms with Gasteiger partial charge in [0.15, 0.2) is 0 Å². The van der Waals surface area contributed by atoms with Gasteiger partial charge in [0.25, 0.3) is 0 Å². The summed E-state index contributed by atoms with van der Waals surface area (Å²) in [5, 5.41) is 6.91. The van der Waals surface area contributed by atoms with E-state index in [1.807, 2.05) is 6.07 Å². The molecule has 2 rings (SSSR count). The number of thiophene rings is 1. The van der Waals surface area contributed by atoms with Crippen molar-refractivity contribution in [2.75, 3.05) is 26.2 Å². The maximum atomic E-state index is 5.88. The fourth-order valence-corrected chi connectivity index (χ4v) is 3.18. The van der Waals surface area contributed by atoms with Crippen LogP contribution < -0.4 is 10.6 Å². The zero-order valence-electron chi connectivity index (χ0n) is 9.47. The van der Waals surface area contributed by atoms with Gasteiger partial charge in [0, 0.05) is 4.88 Å². The Morgan fingerprint density at radius 2 is 2.38 bits per heavy atom. The summed E-state index contributed by atoms with van der Waals surface area (Å²) in [5.41, 5.74) is 0. The number of hydrogen-bond acceptors (Lipinski definition) is 3. The lowest BCUT2D eigenvalue weighted by atomic mass is 10.1. The van der Waals surface area contributed by atoms with Gasteiger partial charge >= 0.3 is 0 Å². The summed E-state index contributed by atoms with van der Waals surface area (Å²) < 4.78 is 0.895. The quantitative estimate of drug-likeness (QED) is 0.767. The first kappa shape index (κ1) is 12.4. The number of nitrogens with one attached hydrogen (secondary N) is 2. The largest absolute Gasteiger partial charge is 0.316 e. The average molecular weight is 259 g/mol. The molecule has 16 heavy (non-hydrogen) atoms. The lowest BCUT2D eigenvalue weighted by Gasteiger charge is -2.08. The SMILES string of the molecule is Clc1ccc(CCNCCC2CCNC2)s1. The van der Waals surface area contributed by atoms with Crippen molar-refractivity contribution in [2.45, 2.75) is 19.3 Å². The Morgan fingerprint density at radius 1 is 1.44 bits per heavy atom. The average Bonchev–Trinajstić information content (AvgIpc) is 2.89. The van der Waals surface area contributed by atoms with Crippen LogP contribution in [0.3, 0.4) is 0 Å². The molecule has 1 saturated heterocycles. The van der Waals surface area contributed by atoms with Gasteiger partial charge in [-0.2, -0.15) is 0 Å². The van der Waals surface area contributed by atoms with Gasteiger partial charge in [0.1, 0.15) is 0 Å². The van der Waals surface area contributed by atoms with Crippen molar-refractivity contribution in [1.82, 2.24) is 10.6 Å². The third-order valence-electron chi connectivity index (χ3n) is 3.07. The Morgan fingerprint density at radius 3 is 3.06 bits per heavy atom. The summed E-state index contributed by atoms with van der Waals surface area (Å²) in [4.78, 5) is 1.38. The number of rotatable bonds is 6. The Hall–Kier alpha value is -0.0900. The van der Waals surface area contributed by atoms with Gasteiger partial charge in [-0.3, -0.25) is 0 Å². The molecule has 1 unspecified atom stereocenters. The predicted octanol–water partition coefficient (Wildman–Crippen LogP) is 2.53. The highest BCUT2D eigenvalue weighted by Crippen LogP contribution is 2.21. The summed E-state index contributed by atoms with van der Waals surface area (Å²) in [6.07, 6.45) is 3.75. The van der Waals surface area contributed by atoms with Gasteiger partial charge in [-0.25, -0.2) is 0 Å². The highest BCUT2D eigenvalue weighted by molar-refractivity contribution is 7.16. The van der Waals surface area contributed by atoms with Gasteiger partial charge in [0.05, 0.1) is 4.34 Å². The number of hydrogen-bond donors (Lipinski definition) is 2. The molecule has 1 aromatic rings. The van der Waals surface area contributed by atoms with Crippen molar-refractivity contribution < 1.29 is 0 Å². The van der Waals surface area contributed by atoms with Crippen LogP contribution in [-0.4, -0.2) is 26.2 Å². The molecule has 1 aliphatic rings. The van der Waals surface area contributed by atoms with E-state index in [1.54, 1.807) is 11.3 Å². The van der Waals surface area contributed by atoms with E-state index in [9.17, 15) is 0 Å². The predicted molar refractivity (Wildman–Crippen MR) is 71.5 cm³/mol. The molecule has 1 atom stereocenters. The summed E-state index contributed by atoms with van der Waals surface area (Å²) in [6.45, 7) is 4.63. The van der Waals surface area contributed by atoms with E-state index in [2.05, 4.69) is 16.7 Å². The molecule has 0 bridgehead atoms. The van der Waals surface area contributed by atoms with Crippen molar-refractivity contribution in [3.05, 3.63) is 21.3 Å². The third-order valence-corrected chi connectivity index (χ3v) is 4.36. The van der Waals surface area contributed by atoms with Crippen LogP contribution in [0.25, 0.3) is 0 Å². The van der Waals surface area contributed by atoms with Crippen LogP contribution in [0.15, 0.2) is 12.1 Å². The maximum Gasteiger partial charge on any atom is 0.0931 e. The molecule has 2 N–H and O–H groups in total. The summed E-state index contributed by atoms with van der Waals surface area (Å²) in [7, 11) is 0. The zero-order chi connectivity index (χ0) is 11.2. The molecule has 0 radical (unpaired) electrons. The smallest absolute Gasteiger partial charge is 0.0931 e. The molecule has 0 aromatic carbocycles. The minimum Gasteiger partial charge on any atom is -0.316 e. The summed E-state index contributed by atoms with van der Waals surface area (Å²) in [5.74, 6) is 0.892. The molecule has 1 aromatic heterocycles. The van der Waals surface area contributed by atoms with E-state index in [-0.39, 0.29) is 0 Å². The molecule has 2 heterocycles. The maximum absolute atomic E-state index is 5.88. The second-order valence-electron chi connectivity index (χ2n) is 4.35. The van der Waals surface area contributed by atoms with Crippen LogP contribution in [-0.2, 0) is 6.42 Å². The van der Waals surface area contributed by atoms with Crippen LogP contribution in [0.5, 0.6) is 0 Å². The monoisotopic (exact) mass is 258 g/mol. The Balaban J connectivity index is 1.51. The van der Waals surface area contributed by atoms with Crippen molar-refractivity contribution in [2.24, 2.45) is 5.92 Å². The molecule has 0 spiro atoms. The normalized spacial score (nSPS) is 20.4. The zero-order valence-corrected chi connectivity index (χ0v) is 11.0. The first-order valence-corrected chi connectivity index (χ1v) is 7.19. The van der Waals surface area contributed by atoms with Crippen LogP contribution >= 0.6 is 22.9 Å². The van der Waals surface area contributed by atoms with Crippen LogP contribution in [0, 0.1) is 5.92 Å². The van der Waals surface area contributed by atoms with E-state index < -0.39 is 0 Å². The van der Waals surface area contributed by atoms with E-state index in [0.717, 1.165) is 29.8 Å². The van der Waals surface area contributed by atoms with Crippen LogP contribution in [0.4, 0.5) is 0 Å². The molecule has 2 nitrogen and oxygen atoms in total. The standard InChI is InChI=1S/C12H19ClN2S/c13-12-2-1-11(16-12)5-8-14-6-3-10-4-7-15-9-10/h1-2,10,14-15H,3-9H2. The molecular weight excluding hydrogens is 240 g/mol. The first-order valence-electron chi connectivity index (χ1n) is 6.00. The highest BCUT2D eigenvalue weighted by Gasteiger charge is 2.12. The molecular formula is C12H19ClN2S. The lowest BCUT2D eigenvalue weighted by Crippen LogP contribution is -2.21. The van der Waals surface area contributed by atoms with E-state index in [1.165, 1.54) is 30.8 Å². The molecule has 0 saturated carbocycles. The third kappa shape index (κ3) is 4.06. The van der Waals surface area contributed by atoms with Crippen molar-refractivity contribution >= 4 is 22.9 Å². The van der Waals surface area contributed by atoms with Gasteiger partial charge in [0.2, 0.25) is 0 Å². The Bertz CT molecular complexity index is 308. The molecule has 1 aliphatic heterocycles. The first-order chi connectivity index (χ1) is 7.84. The second kappa shape index (κ2) is 6.60. The van der Waals surface area contributed by atoms with E-state index in [0.29, 0.717) is 0 Å². The van der Waals surface area contributed by atoms with E-state index in [4.69, 9.17) is 11.6 Å². The number of halogens is 1. The Labute approximate surface area is 106 Å². The fraction of sp³-hybridized carbons (Fsp3) is 0.667. The van der Waals surface area contributed by atoms with Gasteiger partial charge in [-0.15, -0.1) is 11.3 Å². The van der Waals surface area contributed by atoms with Crippen LogP contribution in [0.2, 0.25) is 4.34 Å². The van der Waals surface area contributed by atoms with Gasteiger partial charge in [-0.05, 0) is 63.5 Å². The Kier molecular flexibility index (Phi) is 5.10. The minimum atomic E-state index is 0.892. The lowest BCUT2D eigenvalue weighted by molar-refractivity contribution is 0.502. The summed E-state index contributed by atoms with van der Waals surface area (Å²) >= 11 is 7.56. The molecule has 90 valence electrons. The minimum absolute atomic E-state index is 0.892. The fourth-order valence-electron chi connectivity index (χ4n) is 2.09. The molecule has 1 fully saturated rings. The van der Waals surface area contributed by atoms with E-state index >= 15 is 0 Å². The van der Waals surface area contributed by atoms with Crippen molar-refractivity contribution in [3.8, 4) is 0 Å². The van der Waals surface area contributed by atoms with Crippen molar-refractivity contribution in [3.63, 3.8) is 0 Å². The molecule has 0 aliphatic carbocycles. The highest BCUT2D eigenvalue weighted by atomic mass is 35.5. The van der Waals surface area contributed by atoms with Crippen LogP contribution in [0.1, 0.15) is 17.7 Å². The van der Waals surface area contributed by atoms with Gasteiger partial charge in [-0.1, -0.05) is 11.6 Å². The topological polar surface area (TPSA) is 24.1 Å². The van der Waals surface area contributed by atoms with Crippen molar-refractivity contribution in [1.29, 1.82) is 0 Å².